The zero-order valence-electron chi connectivity index (χ0n) is 18.0. The number of hydrogen-bond donors (Lipinski definition) is 3. The third kappa shape index (κ3) is 4.78. The minimum Gasteiger partial charge on any atom is -0.504 e. The fourth-order valence-corrected chi connectivity index (χ4v) is 4.59. The lowest BCUT2D eigenvalue weighted by molar-refractivity contribution is 0.411. The van der Waals surface area contributed by atoms with Gasteiger partial charge in [0.2, 0.25) is 0 Å². The number of hydrogen-bond acceptors (Lipinski definition) is 4. The van der Waals surface area contributed by atoms with Crippen molar-refractivity contribution in [3.63, 3.8) is 0 Å². The van der Waals surface area contributed by atoms with E-state index in [0.29, 0.717) is 23.6 Å². The molecule has 6 heteroatoms. The third-order valence-electron chi connectivity index (χ3n) is 6.05. The number of benzene rings is 2. The number of halogens is 2. The van der Waals surface area contributed by atoms with Crippen molar-refractivity contribution in [3.8, 4) is 16.9 Å². The lowest BCUT2D eigenvalue weighted by Gasteiger charge is -2.29. The van der Waals surface area contributed by atoms with Gasteiger partial charge in [-0.15, -0.1) is 0 Å². The number of fused-ring (bicyclic) bond motifs is 1. The minimum atomic E-state index is -0.730. The molecule has 3 aromatic rings. The highest BCUT2D eigenvalue weighted by Gasteiger charge is 2.21. The van der Waals surface area contributed by atoms with Gasteiger partial charge < -0.3 is 16.2 Å². The monoisotopic (exact) mass is 441 g/mol. The van der Waals surface area contributed by atoms with E-state index < -0.39 is 11.6 Å². The standard InChI is InChI=1S/C25H29ClFN3O/c1-14(2)9-17-13-29-23-8-3-15(16-11-21(26)25(31)22(27)12-16)10-20(23)24(17)30-19-6-4-18(28)5-7-19/h3,8,10-14,18-19,31H,4-7,9,28H2,1-2H3,(H,29,30). The van der Waals surface area contributed by atoms with E-state index in [2.05, 4.69) is 24.1 Å². The molecule has 4 nitrogen and oxygen atoms in total. The highest BCUT2D eigenvalue weighted by atomic mass is 35.5. The van der Waals surface area contributed by atoms with Gasteiger partial charge in [-0.05, 0) is 79.0 Å². The van der Waals surface area contributed by atoms with Crippen LogP contribution in [0.4, 0.5) is 10.1 Å². The average molecular weight is 442 g/mol. The molecular formula is C25H29ClFN3O. The van der Waals surface area contributed by atoms with Crippen LogP contribution in [0, 0.1) is 11.7 Å². The molecule has 4 N–H and O–H groups in total. The molecule has 0 unspecified atom stereocenters. The van der Waals surface area contributed by atoms with Crippen LogP contribution in [-0.4, -0.2) is 22.2 Å². The SMILES string of the molecule is CC(C)Cc1cnc2ccc(-c3cc(F)c(O)c(Cl)c3)cc2c1NC1CCC(N)CC1. The first-order chi connectivity index (χ1) is 14.8. The van der Waals surface area contributed by atoms with Crippen LogP contribution in [-0.2, 0) is 6.42 Å². The van der Waals surface area contributed by atoms with E-state index >= 15 is 0 Å². The maximum atomic E-state index is 14.1. The summed E-state index contributed by atoms with van der Waals surface area (Å²) in [4.78, 5) is 4.68. The second kappa shape index (κ2) is 9.01. The summed E-state index contributed by atoms with van der Waals surface area (Å²) >= 11 is 6.02. The summed E-state index contributed by atoms with van der Waals surface area (Å²) in [6.07, 6.45) is 7.03. The third-order valence-corrected chi connectivity index (χ3v) is 6.33. The number of aromatic hydroxyl groups is 1. The van der Waals surface area contributed by atoms with Crippen LogP contribution in [0.5, 0.6) is 5.75 Å². The van der Waals surface area contributed by atoms with Crippen molar-refractivity contribution in [2.75, 3.05) is 5.32 Å². The summed E-state index contributed by atoms with van der Waals surface area (Å²) in [5.41, 5.74) is 10.7. The second-order valence-electron chi connectivity index (χ2n) is 9.03. The lowest BCUT2D eigenvalue weighted by Crippen LogP contribution is -2.33. The topological polar surface area (TPSA) is 71.2 Å². The molecule has 1 aliphatic rings. The van der Waals surface area contributed by atoms with Crippen LogP contribution < -0.4 is 11.1 Å². The Labute approximate surface area is 187 Å². The van der Waals surface area contributed by atoms with E-state index in [4.69, 9.17) is 17.3 Å². The number of anilines is 1. The molecule has 1 saturated carbocycles. The molecule has 0 atom stereocenters. The Morgan fingerprint density at radius 1 is 1.16 bits per heavy atom. The molecule has 0 amide bonds. The Balaban J connectivity index is 1.80. The Morgan fingerprint density at radius 3 is 2.58 bits per heavy atom. The molecule has 1 heterocycles. The van der Waals surface area contributed by atoms with Gasteiger partial charge in [0.05, 0.1) is 10.5 Å². The van der Waals surface area contributed by atoms with Crippen LogP contribution >= 0.6 is 11.6 Å². The number of aromatic nitrogens is 1. The Morgan fingerprint density at radius 2 is 1.90 bits per heavy atom. The van der Waals surface area contributed by atoms with Gasteiger partial charge in [-0.2, -0.15) is 0 Å². The number of nitrogens with two attached hydrogens (primary N) is 1. The van der Waals surface area contributed by atoms with Crippen LogP contribution in [0.1, 0.15) is 45.1 Å². The zero-order chi connectivity index (χ0) is 22.1. The first-order valence-electron chi connectivity index (χ1n) is 10.9. The van der Waals surface area contributed by atoms with Crippen molar-refractivity contribution in [1.82, 2.24) is 4.98 Å². The summed E-state index contributed by atoms with van der Waals surface area (Å²) in [5, 5.41) is 14.5. The molecule has 164 valence electrons. The normalized spacial score (nSPS) is 19.2. The van der Waals surface area contributed by atoms with Gasteiger partial charge in [-0.1, -0.05) is 31.5 Å². The van der Waals surface area contributed by atoms with E-state index in [0.717, 1.165) is 54.3 Å². The van der Waals surface area contributed by atoms with Crippen molar-refractivity contribution in [2.45, 2.75) is 58.0 Å². The summed E-state index contributed by atoms with van der Waals surface area (Å²) in [5.74, 6) is -0.760. The number of nitrogens with one attached hydrogen (secondary N) is 1. The molecule has 0 spiro atoms. The number of nitrogens with zero attached hydrogens (tertiary/aromatic N) is 1. The van der Waals surface area contributed by atoms with E-state index in [1.807, 2.05) is 24.4 Å². The molecule has 0 radical (unpaired) electrons. The highest BCUT2D eigenvalue weighted by molar-refractivity contribution is 6.32. The molecule has 4 rings (SSSR count). The van der Waals surface area contributed by atoms with Crippen LogP contribution in [0.15, 0.2) is 36.5 Å². The second-order valence-corrected chi connectivity index (χ2v) is 9.44. The summed E-state index contributed by atoms with van der Waals surface area (Å²) < 4.78 is 14.1. The maximum Gasteiger partial charge on any atom is 0.170 e. The average Bonchev–Trinajstić information content (AvgIpc) is 2.74. The van der Waals surface area contributed by atoms with Gasteiger partial charge >= 0.3 is 0 Å². The van der Waals surface area contributed by atoms with Crippen molar-refractivity contribution in [1.29, 1.82) is 0 Å². The minimum absolute atomic E-state index is 0.00123. The van der Waals surface area contributed by atoms with Gasteiger partial charge in [0.1, 0.15) is 0 Å². The van der Waals surface area contributed by atoms with E-state index in [1.165, 1.54) is 11.6 Å². The van der Waals surface area contributed by atoms with Crippen molar-refractivity contribution >= 4 is 28.2 Å². The number of pyridine rings is 1. The van der Waals surface area contributed by atoms with Crippen molar-refractivity contribution in [3.05, 3.63) is 52.9 Å². The fraction of sp³-hybridized carbons (Fsp3) is 0.400. The van der Waals surface area contributed by atoms with E-state index in [9.17, 15) is 9.50 Å². The Hall–Kier alpha value is -2.37. The quantitative estimate of drug-likeness (QED) is 0.435. The highest BCUT2D eigenvalue weighted by Crippen LogP contribution is 2.36. The van der Waals surface area contributed by atoms with Crippen LogP contribution in [0.2, 0.25) is 5.02 Å². The van der Waals surface area contributed by atoms with Crippen LogP contribution in [0.3, 0.4) is 0 Å². The zero-order valence-corrected chi connectivity index (χ0v) is 18.7. The maximum absolute atomic E-state index is 14.1. The molecule has 1 aromatic heterocycles. The van der Waals surface area contributed by atoms with Gasteiger partial charge in [-0.3, -0.25) is 4.98 Å². The van der Waals surface area contributed by atoms with Crippen molar-refractivity contribution < 1.29 is 9.50 Å². The van der Waals surface area contributed by atoms with Crippen molar-refractivity contribution in [2.24, 2.45) is 11.7 Å². The molecule has 2 aromatic carbocycles. The molecule has 1 fully saturated rings. The predicted molar refractivity (Wildman–Crippen MR) is 126 cm³/mol. The molecule has 0 saturated heterocycles. The summed E-state index contributed by atoms with van der Waals surface area (Å²) in [7, 11) is 0. The molecule has 1 aliphatic carbocycles. The first-order valence-corrected chi connectivity index (χ1v) is 11.3. The Kier molecular flexibility index (Phi) is 6.35. The van der Waals surface area contributed by atoms with E-state index in [1.54, 1.807) is 6.07 Å². The molecule has 31 heavy (non-hydrogen) atoms. The van der Waals surface area contributed by atoms with Crippen LogP contribution in [0.25, 0.3) is 22.0 Å². The number of rotatable bonds is 5. The largest absolute Gasteiger partial charge is 0.504 e. The summed E-state index contributed by atoms with van der Waals surface area (Å²) in [6, 6.07) is 9.45. The van der Waals surface area contributed by atoms with E-state index in [-0.39, 0.29) is 5.02 Å². The smallest absolute Gasteiger partial charge is 0.170 e. The first kappa shape index (κ1) is 21.8. The molecule has 0 bridgehead atoms. The van der Waals surface area contributed by atoms with Gasteiger partial charge in [0, 0.05) is 29.4 Å². The summed E-state index contributed by atoms with van der Waals surface area (Å²) in [6.45, 7) is 4.40. The van der Waals surface area contributed by atoms with Gasteiger partial charge in [-0.25, -0.2) is 4.39 Å². The lowest BCUT2D eigenvalue weighted by atomic mass is 9.90. The fourth-order valence-electron chi connectivity index (χ4n) is 4.38. The molecular weight excluding hydrogens is 413 g/mol. The Bertz CT molecular complexity index is 1070. The number of phenolic OH excluding ortho intramolecular Hbond substituents is 1. The van der Waals surface area contributed by atoms with Gasteiger partial charge in [0.25, 0.3) is 0 Å². The molecule has 0 aliphatic heterocycles. The number of phenols is 1. The predicted octanol–water partition coefficient (Wildman–Crippen LogP) is 6.28. The van der Waals surface area contributed by atoms with Gasteiger partial charge in [0.15, 0.2) is 11.6 Å².